The Balaban J connectivity index is 1.35. The lowest BCUT2D eigenvalue weighted by molar-refractivity contribution is -0.120. The van der Waals surface area contributed by atoms with E-state index in [0.717, 1.165) is 29.4 Å². The van der Waals surface area contributed by atoms with Crippen molar-refractivity contribution in [2.75, 3.05) is 13.2 Å². The molecule has 136 valence electrons. The molecule has 0 aliphatic heterocycles. The lowest BCUT2D eigenvalue weighted by atomic mass is 10.1. The number of hydrogen-bond acceptors (Lipinski definition) is 2. The third-order valence-electron chi connectivity index (χ3n) is 4.26. The number of carbonyl (C=O) groups is 1. The maximum absolute atomic E-state index is 11.8. The summed E-state index contributed by atoms with van der Waals surface area (Å²) in [5.41, 5.74) is 1.26. The molecule has 1 N–H and O–H groups in total. The molecule has 1 amide bonds. The van der Waals surface area contributed by atoms with Crippen molar-refractivity contribution in [3.63, 3.8) is 0 Å². The molecule has 3 nitrogen and oxygen atoms in total. The Hall–Kier alpha value is -3.25. The number of amides is 1. The van der Waals surface area contributed by atoms with Crippen LogP contribution in [0.15, 0.2) is 72.8 Å². The van der Waals surface area contributed by atoms with Gasteiger partial charge in [-0.2, -0.15) is 0 Å². The summed E-state index contributed by atoms with van der Waals surface area (Å²) in [7, 11) is 0. The fourth-order valence-electron chi connectivity index (χ4n) is 2.88. The number of nitrogens with one attached hydrogen (secondary N) is 1. The molecule has 3 aromatic rings. The van der Waals surface area contributed by atoms with Crippen LogP contribution in [0.1, 0.15) is 18.4 Å². The topological polar surface area (TPSA) is 38.3 Å². The highest BCUT2D eigenvalue weighted by Crippen LogP contribution is 2.24. The average Bonchev–Trinajstić information content (AvgIpc) is 2.71. The van der Waals surface area contributed by atoms with Crippen molar-refractivity contribution in [2.45, 2.75) is 19.3 Å². The Kier molecular flexibility index (Phi) is 6.89. The molecule has 0 unspecified atom stereocenters. The van der Waals surface area contributed by atoms with Crippen molar-refractivity contribution in [3.8, 4) is 17.6 Å². The van der Waals surface area contributed by atoms with Crippen LogP contribution in [0.3, 0.4) is 0 Å². The summed E-state index contributed by atoms with van der Waals surface area (Å²) in [6.07, 6.45) is 2.27. The zero-order chi connectivity index (χ0) is 18.7. The summed E-state index contributed by atoms with van der Waals surface area (Å²) in [6, 6.07) is 24.3. The maximum atomic E-state index is 11.8. The molecule has 0 atom stereocenters. The van der Waals surface area contributed by atoms with Gasteiger partial charge in [0.1, 0.15) is 12.4 Å². The molecule has 0 saturated carbocycles. The van der Waals surface area contributed by atoms with Crippen molar-refractivity contribution >= 4 is 16.7 Å². The molecule has 3 rings (SSSR count). The van der Waals surface area contributed by atoms with Crippen molar-refractivity contribution in [2.24, 2.45) is 0 Å². The first kappa shape index (κ1) is 18.5. The van der Waals surface area contributed by atoms with E-state index in [4.69, 9.17) is 4.74 Å². The minimum Gasteiger partial charge on any atom is -0.480 e. The summed E-state index contributed by atoms with van der Waals surface area (Å²) in [6.45, 7) is 0.654. The van der Waals surface area contributed by atoms with Crippen molar-refractivity contribution in [1.29, 1.82) is 0 Å². The van der Waals surface area contributed by atoms with E-state index in [0.29, 0.717) is 19.6 Å². The van der Waals surface area contributed by atoms with E-state index in [-0.39, 0.29) is 5.91 Å². The largest absolute Gasteiger partial charge is 0.480 e. The molecule has 0 aliphatic rings. The van der Waals surface area contributed by atoms with Crippen LogP contribution in [0.5, 0.6) is 5.75 Å². The molecule has 0 bridgehead atoms. The van der Waals surface area contributed by atoms with Crippen LogP contribution in [0.2, 0.25) is 0 Å². The fraction of sp³-hybridized carbons (Fsp3) is 0.208. The normalized spacial score (nSPS) is 10.1. The number of benzene rings is 3. The Morgan fingerprint density at radius 3 is 2.56 bits per heavy atom. The van der Waals surface area contributed by atoms with Gasteiger partial charge in [0.15, 0.2) is 0 Å². The van der Waals surface area contributed by atoms with E-state index >= 15 is 0 Å². The van der Waals surface area contributed by atoms with E-state index in [1.165, 1.54) is 5.56 Å². The third-order valence-corrected chi connectivity index (χ3v) is 4.26. The van der Waals surface area contributed by atoms with E-state index in [1.807, 2.05) is 48.5 Å². The molecule has 0 spiro atoms. The predicted octanol–water partition coefficient (Wildman–Crippen LogP) is 4.36. The first-order chi connectivity index (χ1) is 13.3. The molecule has 0 fully saturated rings. The third kappa shape index (κ3) is 5.90. The Morgan fingerprint density at radius 2 is 1.67 bits per heavy atom. The second kappa shape index (κ2) is 10.0. The fourth-order valence-corrected chi connectivity index (χ4v) is 2.88. The van der Waals surface area contributed by atoms with Crippen molar-refractivity contribution in [3.05, 3.63) is 78.4 Å². The molecule has 0 saturated heterocycles. The smallest absolute Gasteiger partial charge is 0.220 e. The van der Waals surface area contributed by atoms with Crippen LogP contribution in [-0.4, -0.2) is 19.1 Å². The SMILES string of the molecule is O=C(CCCc1ccccc1)NCC#CCOc1cccc2ccccc12. The minimum absolute atomic E-state index is 0.0372. The van der Waals surface area contributed by atoms with Crippen molar-refractivity contribution < 1.29 is 9.53 Å². The van der Waals surface area contributed by atoms with Gasteiger partial charge in [0.25, 0.3) is 0 Å². The van der Waals surface area contributed by atoms with E-state index < -0.39 is 0 Å². The number of rotatable bonds is 7. The van der Waals surface area contributed by atoms with Crippen LogP contribution in [-0.2, 0) is 11.2 Å². The van der Waals surface area contributed by atoms with Gasteiger partial charge in [-0.1, -0.05) is 78.6 Å². The molecule has 0 aromatic heterocycles. The highest BCUT2D eigenvalue weighted by Gasteiger charge is 2.01. The van der Waals surface area contributed by atoms with Crippen molar-refractivity contribution in [1.82, 2.24) is 5.32 Å². The highest BCUT2D eigenvalue weighted by molar-refractivity contribution is 5.88. The monoisotopic (exact) mass is 357 g/mol. The molecular weight excluding hydrogens is 334 g/mol. The van der Waals surface area contributed by atoms with Crippen LogP contribution in [0.25, 0.3) is 10.8 Å². The summed E-state index contributed by atoms with van der Waals surface area (Å²) in [5.74, 6) is 6.75. The Morgan fingerprint density at radius 1 is 0.889 bits per heavy atom. The summed E-state index contributed by atoms with van der Waals surface area (Å²) in [5, 5.41) is 5.05. The van der Waals surface area contributed by atoms with Gasteiger partial charge in [-0.25, -0.2) is 0 Å². The van der Waals surface area contributed by atoms with Gasteiger partial charge in [-0.3, -0.25) is 4.79 Å². The van der Waals surface area contributed by atoms with E-state index in [2.05, 4.69) is 41.4 Å². The quantitative estimate of drug-likeness (QED) is 0.638. The Labute approximate surface area is 160 Å². The van der Waals surface area contributed by atoms with Gasteiger partial charge >= 0.3 is 0 Å². The maximum Gasteiger partial charge on any atom is 0.220 e. The number of hydrogen-bond donors (Lipinski definition) is 1. The van der Waals surface area contributed by atoms with Crippen LogP contribution in [0.4, 0.5) is 0 Å². The van der Waals surface area contributed by atoms with Gasteiger partial charge in [0, 0.05) is 11.8 Å². The highest BCUT2D eigenvalue weighted by atomic mass is 16.5. The molecule has 0 heterocycles. The van der Waals surface area contributed by atoms with Gasteiger partial charge in [0.05, 0.1) is 6.54 Å². The standard InChI is InChI=1S/C24H23NO2/c26-24(17-8-12-20-10-2-1-3-11-20)25-18-6-7-19-27-23-16-9-14-21-13-4-5-15-22(21)23/h1-5,9-11,13-16H,8,12,17-19H2,(H,25,26). The Bertz CT molecular complexity index is 933. The lowest BCUT2D eigenvalue weighted by Crippen LogP contribution is -2.23. The van der Waals surface area contributed by atoms with E-state index in [9.17, 15) is 4.79 Å². The first-order valence-electron chi connectivity index (χ1n) is 9.20. The van der Waals surface area contributed by atoms with Crippen LogP contribution in [0, 0.1) is 11.8 Å². The first-order valence-corrected chi connectivity index (χ1v) is 9.20. The second-order valence-electron chi connectivity index (χ2n) is 6.24. The number of carbonyl (C=O) groups excluding carboxylic acids is 1. The van der Waals surface area contributed by atoms with Crippen LogP contribution < -0.4 is 10.1 Å². The van der Waals surface area contributed by atoms with Gasteiger partial charge < -0.3 is 10.1 Å². The summed E-state index contributed by atoms with van der Waals surface area (Å²) < 4.78 is 5.75. The molecule has 27 heavy (non-hydrogen) atoms. The van der Waals surface area contributed by atoms with Gasteiger partial charge in [-0.15, -0.1) is 0 Å². The minimum atomic E-state index is 0.0372. The van der Waals surface area contributed by atoms with Gasteiger partial charge in [-0.05, 0) is 29.9 Å². The molecule has 3 aromatic carbocycles. The zero-order valence-electron chi connectivity index (χ0n) is 15.3. The van der Waals surface area contributed by atoms with Crippen LogP contribution >= 0.6 is 0 Å². The lowest BCUT2D eigenvalue weighted by Gasteiger charge is -2.06. The summed E-state index contributed by atoms with van der Waals surface area (Å²) in [4.78, 5) is 11.8. The molecular formula is C24H23NO2. The average molecular weight is 357 g/mol. The molecule has 3 heteroatoms. The van der Waals surface area contributed by atoms with E-state index in [1.54, 1.807) is 0 Å². The second-order valence-corrected chi connectivity index (χ2v) is 6.24. The number of aryl methyl sites for hydroxylation is 1. The number of ether oxygens (including phenoxy) is 1. The zero-order valence-corrected chi connectivity index (χ0v) is 15.3. The summed E-state index contributed by atoms with van der Waals surface area (Å²) >= 11 is 0. The van der Waals surface area contributed by atoms with Gasteiger partial charge in [0.2, 0.25) is 5.91 Å². The predicted molar refractivity (Wildman–Crippen MR) is 110 cm³/mol. The molecule has 0 aliphatic carbocycles. The molecule has 0 radical (unpaired) electrons. The number of fused-ring (bicyclic) bond motifs is 1.